The topological polar surface area (TPSA) is 144 Å². The second-order valence-electron chi connectivity index (χ2n) is 2.38. The number of rotatable bonds is 1. The average molecular weight is 183 g/mol. The van der Waals surface area contributed by atoms with Crippen LogP contribution in [0.3, 0.4) is 0 Å². The van der Waals surface area contributed by atoms with Crippen molar-refractivity contribution >= 4 is 5.97 Å². The third-order valence-electron chi connectivity index (χ3n) is 1.65. The standard InChI is InChI=1S/C6H11NO2.3H2O/c8-6(9)5-2-1-3-7-4-5;;;/h5,7H,1-4H2,(H,8,9);3*1H2. The summed E-state index contributed by atoms with van der Waals surface area (Å²) in [4.78, 5) is 10.3. The maximum Gasteiger partial charge on any atom is 0.307 e. The molecule has 6 heteroatoms. The molecule has 0 amide bonds. The summed E-state index contributed by atoms with van der Waals surface area (Å²) < 4.78 is 0. The molecular weight excluding hydrogens is 166 g/mol. The zero-order valence-corrected chi connectivity index (χ0v) is 6.76. The van der Waals surface area contributed by atoms with Crippen molar-refractivity contribution in [1.82, 2.24) is 5.32 Å². The fourth-order valence-corrected chi connectivity index (χ4v) is 1.06. The quantitative estimate of drug-likeness (QED) is 0.467. The van der Waals surface area contributed by atoms with Crippen molar-refractivity contribution in [2.45, 2.75) is 12.8 Å². The van der Waals surface area contributed by atoms with Crippen molar-refractivity contribution < 1.29 is 26.3 Å². The molecule has 0 aromatic rings. The van der Waals surface area contributed by atoms with E-state index in [1.165, 1.54) is 0 Å². The first kappa shape index (κ1) is 17.4. The molecule has 1 aliphatic rings. The summed E-state index contributed by atoms with van der Waals surface area (Å²) in [5.74, 6) is -0.805. The van der Waals surface area contributed by atoms with Gasteiger partial charge in [-0.3, -0.25) is 4.79 Å². The summed E-state index contributed by atoms with van der Waals surface area (Å²) >= 11 is 0. The highest BCUT2D eigenvalue weighted by Crippen LogP contribution is 2.08. The molecule has 1 aliphatic heterocycles. The van der Waals surface area contributed by atoms with Gasteiger partial charge in [0, 0.05) is 6.54 Å². The fourth-order valence-electron chi connectivity index (χ4n) is 1.06. The number of carboxylic acids is 1. The zero-order valence-electron chi connectivity index (χ0n) is 6.76. The van der Waals surface area contributed by atoms with E-state index < -0.39 is 5.97 Å². The van der Waals surface area contributed by atoms with E-state index in [1.807, 2.05) is 0 Å². The number of hydrogen-bond acceptors (Lipinski definition) is 2. The van der Waals surface area contributed by atoms with Gasteiger partial charge in [-0.1, -0.05) is 0 Å². The van der Waals surface area contributed by atoms with Crippen LogP contribution in [0, 0.1) is 5.92 Å². The molecule has 0 spiro atoms. The number of aliphatic carboxylic acids is 1. The minimum atomic E-state index is -0.665. The van der Waals surface area contributed by atoms with E-state index in [1.54, 1.807) is 0 Å². The van der Waals surface area contributed by atoms with E-state index in [2.05, 4.69) is 5.32 Å². The number of carboxylic acid groups (broad SMARTS) is 1. The molecule has 0 saturated carbocycles. The molecule has 1 heterocycles. The number of piperidine rings is 1. The lowest BCUT2D eigenvalue weighted by atomic mass is 10.0. The van der Waals surface area contributed by atoms with Crippen molar-refractivity contribution in [3.05, 3.63) is 0 Å². The molecule has 0 radical (unpaired) electrons. The Morgan fingerprint density at radius 1 is 1.33 bits per heavy atom. The van der Waals surface area contributed by atoms with E-state index in [9.17, 15) is 4.79 Å². The van der Waals surface area contributed by atoms with Gasteiger partial charge in [0.1, 0.15) is 0 Å². The van der Waals surface area contributed by atoms with Crippen LogP contribution in [0.2, 0.25) is 0 Å². The van der Waals surface area contributed by atoms with Gasteiger partial charge >= 0.3 is 5.97 Å². The summed E-state index contributed by atoms with van der Waals surface area (Å²) in [7, 11) is 0. The molecular formula is C6H17NO5. The molecule has 8 N–H and O–H groups in total. The van der Waals surface area contributed by atoms with Crippen LogP contribution in [-0.2, 0) is 4.79 Å². The zero-order chi connectivity index (χ0) is 6.69. The van der Waals surface area contributed by atoms with Crippen molar-refractivity contribution in [3.63, 3.8) is 0 Å². The largest absolute Gasteiger partial charge is 0.481 e. The fraction of sp³-hybridized carbons (Fsp3) is 0.833. The highest BCUT2D eigenvalue weighted by Gasteiger charge is 2.18. The highest BCUT2D eigenvalue weighted by molar-refractivity contribution is 5.70. The van der Waals surface area contributed by atoms with Gasteiger partial charge in [0.2, 0.25) is 0 Å². The van der Waals surface area contributed by atoms with Crippen LogP contribution >= 0.6 is 0 Å². The lowest BCUT2D eigenvalue weighted by Crippen LogP contribution is -2.34. The first-order chi connectivity index (χ1) is 4.30. The van der Waals surface area contributed by atoms with Gasteiger partial charge in [0.25, 0.3) is 0 Å². The summed E-state index contributed by atoms with van der Waals surface area (Å²) in [6, 6.07) is 0. The Labute approximate surface area is 70.5 Å². The van der Waals surface area contributed by atoms with Gasteiger partial charge in [-0.15, -0.1) is 0 Å². The third-order valence-corrected chi connectivity index (χ3v) is 1.65. The van der Waals surface area contributed by atoms with E-state index in [0.717, 1.165) is 19.4 Å². The molecule has 1 unspecified atom stereocenters. The minimum Gasteiger partial charge on any atom is -0.481 e. The van der Waals surface area contributed by atoms with Crippen molar-refractivity contribution in [1.29, 1.82) is 0 Å². The lowest BCUT2D eigenvalue weighted by Gasteiger charge is -2.18. The summed E-state index contributed by atoms with van der Waals surface area (Å²) in [5.41, 5.74) is 0. The van der Waals surface area contributed by atoms with E-state index in [0.29, 0.717) is 6.54 Å². The Morgan fingerprint density at radius 3 is 2.17 bits per heavy atom. The van der Waals surface area contributed by atoms with Crippen LogP contribution < -0.4 is 5.32 Å². The predicted molar refractivity (Wildman–Crippen MR) is 44.1 cm³/mol. The first-order valence-electron chi connectivity index (χ1n) is 3.24. The van der Waals surface area contributed by atoms with Crippen LogP contribution in [0.15, 0.2) is 0 Å². The van der Waals surface area contributed by atoms with Crippen LogP contribution in [0.1, 0.15) is 12.8 Å². The van der Waals surface area contributed by atoms with E-state index in [-0.39, 0.29) is 22.3 Å². The Balaban J connectivity index is -0.000000270. The smallest absolute Gasteiger partial charge is 0.307 e. The molecule has 0 bridgehead atoms. The van der Waals surface area contributed by atoms with E-state index >= 15 is 0 Å². The van der Waals surface area contributed by atoms with Gasteiger partial charge < -0.3 is 26.9 Å². The Bertz CT molecular complexity index is 113. The first-order valence-corrected chi connectivity index (χ1v) is 3.24. The summed E-state index contributed by atoms with van der Waals surface area (Å²) in [6.45, 7) is 1.62. The highest BCUT2D eigenvalue weighted by atomic mass is 16.4. The molecule has 0 aliphatic carbocycles. The maximum absolute atomic E-state index is 10.3. The number of hydrogen-bond donors (Lipinski definition) is 2. The molecule has 12 heavy (non-hydrogen) atoms. The van der Waals surface area contributed by atoms with Crippen LogP contribution in [0.4, 0.5) is 0 Å². The van der Waals surface area contributed by atoms with Crippen molar-refractivity contribution in [2.24, 2.45) is 5.92 Å². The van der Waals surface area contributed by atoms with E-state index in [4.69, 9.17) is 5.11 Å². The molecule has 6 nitrogen and oxygen atoms in total. The third kappa shape index (κ3) is 5.03. The Hall–Kier alpha value is -0.690. The molecule has 1 atom stereocenters. The van der Waals surface area contributed by atoms with Crippen LogP contribution in [0.25, 0.3) is 0 Å². The lowest BCUT2D eigenvalue weighted by molar-refractivity contribution is -0.142. The second-order valence-corrected chi connectivity index (χ2v) is 2.38. The predicted octanol–water partition coefficient (Wildman–Crippen LogP) is -2.40. The SMILES string of the molecule is O.O.O.O=C(O)C1CCCNC1. The Kier molecular flexibility index (Phi) is 12.2. The van der Waals surface area contributed by atoms with Crippen molar-refractivity contribution in [3.8, 4) is 0 Å². The summed E-state index contributed by atoms with van der Waals surface area (Å²) in [6.07, 6.45) is 1.83. The second kappa shape index (κ2) is 8.41. The minimum absolute atomic E-state index is 0. The molecule has 1 rings (SSSR count). The van der Waals surface area contributed by atoms with Gasteiger partial charge in [-0.25, -0.2) is 0 Å². The van der Waals surface area contributed by atoms with Gasteiger partial charge in [0.05, 0.1) is 5.92 Å². The molecule has 76 valence electrons. The molecule has 1 fully saturated rings. The summed E-state index contributed by atoms with van der Waals surface area (Å²) in [5, 5.41) is 11.5. The van der Waals surface area contributed by atoms with Crippen LogP contribution in [-0.4, -0.2) is 40.6 Å². The van der Waals surface area contributed by atoms with Gasteiger partial charge in [0.15, 0.2) is 0 Å². The maximum atomic E-state index is 10.3. The van der Waals surface area contributed by atoms with Gasteiger partial charge in [-0.2, -0.15) is 0 Å². The average Bonchev–Trinajstić information content (AvgIpc) is 1.90. The molecule has 0 aromatic carbocycles. The molecule has 1 saturated heterocycles. The van der Waals surface area contributed by atoms with Gasteiger partial charge in [-0.05, 0) is 19.4 Å². The number of carbonyl (C=O) groups is 1. The van der Waals surface area contributed by atoms with Crippen molar-refractivity contribution in [2.75, 3.05) is 13.1 Å². The monoisotopic (exact) mass is 183 g/mol. The molecule has 0 aromatic heterocycles. The number of nitrogens with one attached hydrogen (secondary N) is 1. The van der Waals surface area contributed by atoms with Crippen LogP contribution in [0.5, 0.6) is 0 Å². The Morgan fingerprint density at radius 2 is 1.92 bits per heavy atom. The normalized spacial score (nSPS) is 20.8.